The molecule has 120 valence electrons. The molecule has 4 rings (SSSR count). The van der Waals surface area contributed by atoms with E-state index < -0.39 is 0 Å². The van der Waals surface area contributed by atoms with E-state index in [1.165, 1.54) is 22.3 Å². The van der Waals surface area contributed by atoms with Crippen LogP contribution in [0.3, 0.4) is 0 Å². The van der Waals surface area contributed by atoms with Crippen LogP contribution in [0, 0.1) is 0 Å². The molecule has 0 aromatic heterocycles. The topological polar surface area (TPSA) is 0 Å². The number of rotatable bonds is 2. The fraction of sp³-hybridized carbons (Fsp3) is 0. The molecule has 0 saturated carbocycles. The minimum Gasteiger partial charge on any atom is -0.565 e. The van der Waals surface area contributed by atoms with Gasteiger partial charge in [-0.3, -0.25) is 0 Å². The average Bonchev–Trinajstić information content (AvgIpc) is 3.29. The van der Waals surface area contributed by atoms with E-state index in [0.29, 0.717) is 0 Å². The maximum absolute atomic E-state index is 2.12. The molecule has 0 N–H and O–H groups in total. The minimum atomic E-state index is 0. The molecular formula is C20H20Mo2-8. The van der Waals surface area contributed by atoms with Crippen molar-refractivity contribution >= 4 is 0 Å². The van der Waals surface area contributed by atoms with E-state index >= 15 is 0 Å². The third-order valence-corrected chi connectivity index (χ3v) is 3.32. The normalized spacial score (nSPS) is 9.09. The second-order valence-electron chi connectivity index (χ2n) is 4.69. The van der Waals surface area contributed by atoms with Crippen molar-refractivity contribution < 1.29 is 42.1 Å². The van der Waals surface area contributed by atoms with Crippen LogP contribution in [0.4, 0.5) is 0 Å². The van der Waals surface area contributed by atoms with Gasteiger partial charge >= 0.3 is 42.1 Å². The molecule has 0 atom stereocenters. The summed E-state index contributed by atoms with van der Waals surface area (Å²) in [4.78, 5) is 0. The average molecular weight is 452 g/mol. The van der Waals surface area contributed by atoms with Gasteiger partial charge in [0.25, 0.3) is 0 Å². The summed E-state index contributed by atoms with van der Waals surface area (Å²) in [6.07, 6.45) is 0. The van der Waals surface area contributed by atoms with E-state index in [1.807, 2.05) is 0 Å². The predicted molar refractivity (Wildman–Crippen MR) is 91.7 cm³/mol. The molecule has 22 heavy (non-hydrogen) atoms. The molecule has 0 amide bonds. The largest absolute Gasteiger partial charge is 0.565 e. The number of hydrogen-bond acceptors (Lipinski definition) is 0. The van der Waals surface area contributed by atoms with Crippen molar-refractivity contribution in [3.05, 3.63) is 97.1 Å². The molecule has 0 bridgehead atoms. The summed E-state index contributed by atoms with van der Waals surface area (Å²) < 4.78 is 0. The molecule has 0 fully saturated rings. The second-order valence-corrected chi connectivity index (χ2v) is 4.69. The van der Waals surface area contributed by atoms with Crippen LogP contribution in [0.15, 0.2) is 97.1 Å². The minimum absolute atomic E-state index is 0. The second kappa shape index (κ2) is 9.72. The Labute approximate surface area is 160 Å². The van der Waals surface area contributed by atoms with E-state index in [0.717, 1.165) is 0 Å². The van der Waals surface area contributed by atoms with Crippen molar-refractivity contribution in [3.8, 4) is 22.3 Å². The predicted octanol–water partition coefficient (Wildman–Crippen LogP) is 4.51. The fourth-order valence-corrected chi connectivity index (χ4v) is 2.27. The maximum Gasteiger partial charge on any atom is -0.193 e. The summed E-state index contributed by atoms with van der Waals surface area (Å²) in [5, 5.41) is 0. The Morgan fingerprint density at radius 2 is 0.773 bits per heavy atom. The zero-order valence-corrected chi connectivity index (χ0v) is 17.2. The summed E-state index contributed by atoms with van der Waals surface area (Å²) in [6.45, 7) is 0. The molecule has 0 radical (unpaired) electrons. The first-order valence-corrected chi connectivity index (χ1v) is 6.81. The van der Waals surface area contributed by atoms with E-state index in [2.05, 4.69) is 97.1 Å². The van der Waals surface area contributed by atoms with Gasteiger partial charge in [0.1, 0.15) is 0 Å². The van der Waals surface area contributed by atoms with Gasteiger partial charge in [-0.05, 0) is 0 Å². The molecule has 4 aromatic carbocycles. The summed E-state index contributed by atoms with van der Waals surface area (Å²) in [5.41, 5.74) is 5.24. The van der Waals surface area contributed by atoms with Crippen LogP contribution in [0.1, 0.15) is 0 Å². The van der Waals surface area contributed by atoms with Crippen LogP contribution in [0.5, 0.6) is 0 Å². The SMILES string of the molecule is [MoH2].[MoH2].c1cc[c-](-[c-]2[cH-][cH-][cH-][cH-]2)c1.c1cc[c-](-[c-]2cccc2)c1. The van der Waals surface area contributed by atoms with Crippen LogP contribution < -0.4 is 0 Å². The summed E-state index contributed by atoms with van der Waals surface area (Å²) in [7, 11) is 0. The van der Waals surface area contributed by atoms with Crippen molar-refractivity contribution in [1.29, 1.82) is 0 Å². The van der Waals surface area contributed by atoms with Crippen LogP contribution in [-0.2, 0) is 42.1 Å². The summed E-state index contributed by atoms with van der Waals surface area (Å²) in [6, 6.07) is 33.4. The Kier molecular flexibility index (Phi) is 8.32. The molecular weight excluding hydrogens is 432 g/mol. The van der Waals surface area contributed by atoms with E-state index in [-0.39, 0.29) is 42.1 Å². The molecule has 0 aliphatic carbocycles. The van der Waals surface area contributed by atoms with E-state index in [4.69, 9.17) is 0 Å². The molecule has 0 nitrogen and oxygen atoms in total. The van der Waals surface area contributed by atoms with Gasteiger partial charge in [-0.15, -0.1) is 0 Å². The van der Waals surface area contributed by atoms with Gasteiger partial charge in [0.2, 0.25) is 0 Å². The zero-order chi connectivity index (χ0) is 13.6. The first-order chi connectivity index (χ1) is 9.93. The van der Waals surface area contributed by atoms with Crippen LogP contribution in [-0.4, -0.2) is 0 Å². The molecule has 0 spiro atoms. The third-order valence-electron chi connectivity index (χ3n) is 3.32. The molecule has 0 aliphatic heterocycles. The van der Waals surface area contributed by atoms with Crippen molar-refractivity contribution in [3.63, 3.8) is 0 Å². The molecule has 0 heterocycles. The van der Waals surface area contributed by atoms with Gasteiger partial charge in [0, 0.05) is 0 Å². The van der Waals surface area contributed by atoms with Gasteiger partial charge in [0.15, 0.2) is 0 Å². The van der Waals surface area contributed by atoms with Crippen LogP contribution in [0.25, 0.3) is 22.3 Å². The van der Waals surface area contributed by atoms with Gasteiger partial charge in [-0.1, -0.05) is 0 Å². The van der Waals surface area contributed by atoms with E-state index in [9.17, 15) is 0 Å². The summed E-state index contributed by atoms with van der Waals surface area (Å²) >= 11 is 0. The van der Waals surface area contributed by atoms with Crippen molar-refractivity contribution in [2.75, 3.05) is 0 Å². The van der Waals surface area contributed by atoms with Gasteiger partial charge in [0.05, 0.1) is 0 Å². The quantitative estimate of drug-likeness (QED) is 0.310. The Balaban J connectivity index is 0.000000202. The first kappa shape index (κ1) is 18.8. The third kappa shape index (κ3) is 4.91. The molecule has 2 heteroatoms. The number of hydrogen-bond donors (Lipinski definition) is 0. The molecule has 0 aliphatic rings. The Morgan fingerprint density at radius 1 is 0.455 bits per heavy atom. The Hall–Kier alpha value is -1.22. The maximum atomic E-state index is 2.12. The Morgan fingerprint density at radius 3 is 1.14 bits per heavy atom. The smallest absolute Gasteiger partial charge is 0.193 e. The van der Waals surface area contributed by atoms with Gasteiger partial charge < -0.3 is 59.7 Å². The molecule has 0 unspecified atom stereocenters. The zero-order valence-electron chi connectivity index (χ0n) is 12.2. The standard InChI is InChI=1S/2C10H8.2Mo.4H/c2*1-2-6-9(5-1)10-7-3-4-8-10;;;;;;/h2*1-8H;;;;;;/q-6;-2;;;;;;. The fourth-order valence-electron chi connectivity index (χ4n) is 2.27. The van der Waals surface area contributed by atoms with Gasteiger partial charge in [-0.2, -0.15) is 59.7 Å². The molecule has 0 saturated heterocycles. The first-order valence-electron chi connectivity index (χ1n) is 6.81. The monoisotopic (exact) mass is 456 g/mol. The summed E-state index contributed by atoms with van der Waals surface area (Å²) in [5.74, 6) is 0. The van der Waals surface area contributed by atoms with Crippen LogP contribution >= 0.6 is 0 Å². The van der Waals surface area contributed by atoms with Gasteiger partial charge in [-0.25, -0.2) is 0 Å². The van der Waals surface area contributed by atoms with Crippen molar-refractivity contribution in [1.82, 2.24) is 0 Å². The van der Waals surface area contributed by atoms with Crippen LogP contribution in [0.2, 0.25) is 0 Å². The van der Waals surface area contributed by atoms with Crippen molar-refractivity contribution in [2.24, 2.45) is 0 Å². The van der Waals surface area contributed by atoms with Crippen molar-refractivity contribution in [2.45, 2.75) is 0 Å². The molecule has 4 aromatic rings. The Bertz CT molecular complexity index is 553. The van der Waals surface area contributed by atoms with E-state index in [1.54, 1.807) is 0 Å².